The molecule has 278 valence electrons. The molecule has 2 heterocycles. The van der Waals surface area contributed by atoms with Gasteiger partial charge in [-0.3, -0.25) is 0 Å². The maximum atomic E-state index is 10.9. The molecular formula is C48H45N2NaO3S2. The molecule has 0 radical (unpaired) electrons. The van der Waals surface area contributed by atoms with Crippen molar-refractivity contribution in [2.24, 2.45) is 0 Å². The largest absolute Gasteiger partial charge is 1.00 e. The number of hydrogen-bond donors (Lipinski definition) is 0. The van der Waals surface area contributed by atoms with Gasteiger partial charge in [-0.05, 0) is 78.8 Å². The Labute approximate surface area is 358 Å². The Morgan fingerprint density at radius 3 is 1.21 bits per heavy atom. The third-order valence-corrected chi connectivity index (χ3v) is 11.9. The Morgan fingerprint density at radius 1 is 0.518 bits per heavy atom. The predicted molar refractivity (Wildman–Crippen MR) is 231 cm³/mol. The van der Waals surface area contributed by atoms with E-state index in [1.165, 1.54) is 61.5 Å². The summed E-state index contributed by atoms with van der Waals surface area (Å²) in [6, 6.07) is 55.4. The average molecular weight is 785 g/mol. The number of para-hydroxylation sites is 4. The molecule has 0 N–H and O–H groups in total. The van der Waals surface area contributed by atoms with E-state index in [-0.39, 0.29) is 35.3 Å². The van der Waals surface area contributed by atoms with Gasteiger partial charge in [-0.15, -0.1) is 11.8 Å². The molecule has 56 heavy (non-hydrogen) atoms. The van der Waals surface area contributed by atoms with Gasteiger partial charge in [0.25, 0.3) is 0 Å². The first-order chi connectivity index (χ1) is 26.7. The van der Waals surface area contributed by atoms with Crippen molar-refractivity contribution < 1.29 is 42.5 Å². The van der Waals surface area contributed by atoms with Crippen LogP contribution in [0.15, 0.2) is 168 Å². The zero-order valence-corrected chi connectivity index (χ0v) is 36.1. The minimum absolute atomic E-state index is 0. The molecule has 8 heteroatoms. The molecule has 0 bridgehead atoms. The van der Waals surface area contributed by atoms with E-state index in [0.29, 0.717) is 12.2 Å². The molecule has 8 rings (SSSR count). The van der Waals surface area contributed by atoms with E-state index in [0.717, 1.165) is 29.4 Å². The van der Waals surface area contributed by atoms with Gasteiger partial charge in [0.2, 0.25) is 0 Å². The van der Waals surface area contributed by atoms with Gasteiger partial charge in [-0.25, -0.2) is 8.42 Å². The molecule has 0 spiro atoms. The summed E-state index contributed by atoms with van der Waals surface area (Å²) in [5.74, 6) is 0.273. The van der Waals surface area contributed by atoms with Gasteiger partial charge in [0.15, 0.2) is 0 Å². The normalized spacial score (nSPS) is 12.6. The summed E-state index contributed by atoms with van der Waals surface area (Å²) < 4.78 is 32.7. The summed E-state index contributed by atoms with van der Waals surface area (Å²) in [6.45, 7) is 8.14. The second kappa shape index (κ2) is 18.7. The molecule has 0 aliphatic carbocycles. The van der Waals surface area contributed by atoms with Crippen molar-refractivity contribution in [3.05, 3.63) is 202 Å². The quantitative estimate of drug-likeness (QED) is 0.0830. The van der Waals surface area contributed by atoms with Gasteiger partial charge in [0, 0.05) is 69.4 Å². The van der Waals surface area contributed by atoms with E-state index in [1.54, 1.807) is 11.8 Å². The number of benzene rings is 6. The van der Waals surface area contributed by atoms with Crippen LogP contribution in [0, 0.1) is 0 Å². The van der Waals surface area contributed by atoms with Crippen LogP contribution in [0.5, 0.6) is 0 Å². The number of thioether (sulfide) groups is 1. The Morgan fingerprint density at radius 2 is 0.857 bits per heavy atom. The van der Waals surface area contributed by atoms with E-state index < -0.39 is 10.1 Å². The molecule has 2 aliphatic heterocycles. The van der Waals surface area contributed by atoms with Crippen molar-refractivity contribution in [2.75, 3.05) is 21.3 Å². The third kappa shape index (κ3) is 9.43. The molecule has 6 aromatic rings. The van der Waals surface area contributed by atoms with Crippen LogP contribution in [0.4, 0.5) is 22.7 Å². The van der Waals surface area contributed by atoms with Gasteiger partial charge in [0.1, 0.15) is 0 Å². The molecule has 0 amide bonds. The predicted octanol–water partition coefficient (Wildman–Crippen LogP) is 8.97. The minimum Gasteiger partial charge on any atom is -0.748 e. The fraction of sp³-hybridized carbons (Fsp3) is 0.167. The van der Waals surface area contributed by atoms with Crippen LogP contribution in [0.1, 0.15) is 60.6 Å². The number of hydrogen-bond acceptors (Lipinski definition) is 6. The van der Waals surface area contributed by atoms with Crippen LogP contribution < -0.4 is 39.4 Å². The van der Waals surface area contributed by atoms with Crippen molar-refractivity contribution in [1.82, 2.24) is 0 Å². The van der Waals surface area contributed by atoms with Gasteiger partial charge < -0.3 is 14.4 Å². The zero-order valence-electron chi connectivity index (χ0n) is 32.5. The molecule has 0 unspecified atom stereocenters. The average Bonchev–Trinajstić information content (AvgIpc) is 3.20. The third-order valence-electron chi connectivity index (χ3n) is 9.93. The summed E-state index contributed by atoms with van der Waals surface area (Å²) in [5, 5.41) is 0. The zero-order chi connectivity index (χ0) is 38.4. The minimum atomic E-state index is -4.17. The maximum absolute atomic E-state index is 10.9. The first kappa shape index (κ1) is 41.3. The molecule has 0 atom stereocenters. The molecule has 0 fully saturated rings. The number of fused-ring (bicyclic) bond motifs is 4. The molecule has 6 aromatic carbocycles. The van der Waals surface area contributed by atoms with Gasteiger partial charge in [0.05, 0.1) is 10.1 Å². The first-order valence-corrected chi connectivity index (χ1v) is 21.2. The Kier molecular flexibility index (Phi) is 13.8. The molecular weight excluding hydrogens is 740 g/mol. The molecule has 0 aromatic heterocycles. The maximum Gasteiger partial charge on any atom is 1.00 e. The van der Waals surface area contributed by atoms with Crippen molar-refractivity contribution >= 4 is 55.8 Å². The molecule has 0 saturated heterocycles. The van der Waals surface area contributed by atoms with E-state index in [9.17, 15) is 13.0 Å². The summed E-state index contributed by atoms with van der Waals surface area (Å²) in [5.41, 5.74) is 16.3. The fourth-order valence-corrected chi connectivity index (χ4v) is 9.19. The standard InChI is InChI=1S/C25H25NO3S2.C23H21N.Na/c1-19(30-16-9-17-31(27,28)29)25-21-12-5-7-14-23(21)26(18-20-10-3-2-4-11-20)24-15-8-6-13-22(24)25;1-17(2)23-19-12-6-8-14-21(19)24(16-18-10-4-3-5-11-18)22-15-9-7-13-20(22)23;/h2-8,10-15H,9,16-18H2,1H3,(H,27,28,29);3-15H,16H2,1-2H3;/q;;+1/p-1. The number of nitrogens with zero attached hydrogens (tertiary/aromatic N) is 2. The first-order valence-electron chi connectivity index (χ1n) is 18.6. The van der Waals surface area contributed by atoms with Crippen molar-refractivity contribution in [3.63, 3.8) is 0 Å². The van der Waals surface area contributed by atoms with Crippen LogP contribution in [0.25, 0.3) is 11.1 Å². The summed E-state index contributed by atoms with van der Waals surface area (Å²) in [7, 11) is -4.17. The van der Waals surface area contributed by atoms with Crippen molar-refractivity contribution in [3.8, 4) is 0 Å². The smallest absolute Gasteiger partial charge is 0.748 e. The van der Waals surface area contributed by atoms with Crippen molar-refractivity contribution in [1.29, 1.82) is 0 Å². The Bertz CT molecular complexity index is 2360. The Hall–Kier alpha value is -4.34. The summed E-state index contributed by atoms with van der Waals surface area (Å²) in [4.78, 5) is 5.92. The van der Waals surface area contributed by atoms with Gasteiger partial charge in [-0.1, -0.05) is 139 Å². The molecule has 5 nitrogen and oxygen atoms in total. The summed E-state index contributed by atoms with van der Waals surface area (Å²) in [6.07, 6.45) is 0.352. The van der Waals surface area contributed by atoms with E-state index in [1.807, 2.05) is 6.07 Å². The number of allylic oxidation sites excluding steroid dienone is 2. The van der Waals surface area contributed by atoms with Crippen LogP contribution in [-0.2, 0) is 23.2 Å². The van der Waals surface area contributed by atoms with E-state index >= 15 is 0 Å². The van der Waals surface area contributed by atoms with Gasteiger partial charge >= 0.3 is 29.6 Å². The van der Waals surface area contributed by atoms with E-state index in [4.69, 9.17) is 0 Å². The van der Waals surface area contributed by atoms with Crippen LogP contribution in [0.3, 0.4) is 0 Å². The Balaban J connectivity index is 0.000000192. The number of anilines is 4. The molecule has 2 aliphatic rings. The number of rotatable bonds is 9. The SMILES string of the molecule is CC(C)=C1c2ccccc2N(Cc2ccccc2)c2ccccc21.CC(SCCCS(=O)(=O)[O-])=C1c2ccccc2N(Cc2ccccc2)c2ccccc21.[Na+]. The van der Waals surface area contributed by atoms with Crippen molar-refractivity contribution in [2.45, 2.75) is 40.3 Å². The topological polar surface area (TPSA) is 63.7 Å². The summed E-state index contributed by atoms with van der Waals surface area (Å²) >= 11 is 1.61. The van der Waals surface area contributed by atoms with Gasteiger partial charge in [-0.2, -0.15) is 0 Å². The van der Waals surface area contributed by atoms with E-state index in [2.05, 4.69) is 182 Å². The van der Waals surface area contributed by atoms with Crippen LogP contribution in [-0.4, -0.2) is 24.5 Å². The second-order valence-electron chi connectivity index (χ2n) is 14.0. The van der Waals surface area contributed by atoms with Crippen LogP contribution >= 0.6 is 11.8 Å². The second-order valence-corrected chi connectivity index (χ2v) is 16.8. The fourth-order valence-electron chi connectivity index (χ4n) is 7.56. The monoisotopic (exact) mass is 784 g/mol. The molecule has 0 saturated carbocycles. The van der Waals surface area contributed by atoms with Crippen LogP contribution in [0.2, 0.25) is 0 Å².